The maximum atomic E-state index is 12.7. The van der Waals surface area contributed by atoms with Crippen LogP contribution in [0.15, 0.2) is 24.5 Å². The van der Waals surface area contributed by atoms with Crippen molar-refractivity contribution < 1.29 is 4.39 Å². The van der Waals surface area contributed by atoms with Gasteiger partial charge < -0.3 is 0 Å². The minimum Gasteiger partial charge on any atom is -0.228 e. The molecule has 0 radical (unpaired) electrons. The highest BCUT2D eigenvalue weighted by Crippen LogP contribution is 2.17. The summed E-state index contributed by atoms with van der Waals surface area (Å²) in [7, 11) is 0. The molecule has 0 bridgehead atoms. The van der Waals surface area contributed by atoms with Gasteiger partial charge in [0.1, 0.15) is 12.1 Å². The maximum absolute atomic E-state index is 12.7. The van der Waals surface area contributed by atoms with E-state index in [0.29, 0.717) is 11.6 Å². The molecule has 6 heteroatoms. The minimum atomic E-state index is -0.351. The van der Waals surface area contributed by atoms with Gasteiger partial charge in [-0.1, -0.05) is 17.7 Å². The van der Waals surface area contributed by atoms with E-state index in [1.54, 1.807) is 6.07 Å². The van der Waals surface area contributed by atoms with Crippen LogP contribution in [0.3, 0.4) is 0 Å². The lowest BCUT2D eigenvalue weighted by Gasteiger charge is -2.02. The van der Waals surface area contributed by atoms with Crippen LogP contribution in [-0.2, 0) is 6.54 Å². The standard InChI is InChI=1S/C8H6ClFN4/c9-8-3-7(10)2-1-6(8)4-14-5-11-12-13-14/h1-3,5H,4H2. The molecule has 1 heterocycles. The van der Waals surface area contributed by atoms with Crippen LogP contribution in [0.5, 0.6) is 0 Å². The average molecular weight is 213 g/mol. The number of halogens is 2. The van der Waals surface area contributed by atoms with Crippen LogP contribution in [0, 0.1) is 5.82 Å². The summed E-state index contributed by atoms with van der Waals surface area (Å²) in [5.41, 5.74) is 0.778. The SMILES string of the molecule is Fc1ccc(Cn2cnnn2)c(Cl)c1. The summed E-state index contributed by atoms with van der Waals surface area (Å²) in [5.74, 6) is -0.351. The average Bonchev–Trinajstić information content (AvgIpc) is 2.62. The van der Waals surface area contributed by atoms with Crippen LogP contribution in [-0.4, -0.2) is 20.2 Å². The zero-order chi connectivity index (χ0) is 9.97. The molecule has 0 aliphatic carbocycles. The molecule has 2 rings (SSSR count). The van der Waals surface area contributed by atoms with Crippen molar-refractivity contribution in [3.05, 3.63) is 40.9 Å². The number of aromatic nitrogens is 4. The summed E-state index contributed by atoms with van der Waals surface area (Å²) in [4.78, 5) is 0. The summed E-state index contributed by atoms with van der Waals surface area (Å²) in [6, 6.07) is 4.23. The van der Waals surface area contributed by atoms with E-state index >= 15 is 0 Å². The molecule has 0 saturated carbocycles. The smallest absolute Gasteiger partial charge is 0.138 e. The van der Waals surface area contributed by atoms with Crippen LogP contribution < -0.4 is 0 Å². The molecule has 0 aliphatic rings. The highest BCUT2D eigenvalue weighted by molar-refractivity contribution is 6.31. The highest BCUT2D eigenvalue weighted by Gasteiger charge is 2.03. The van der Waals surface area contributed by atoms with E-state index in [2.05, 4.69) is 15.5 Å². The molecule has 1 aromatic heterocycles. The summed E-state index contributed by atoms with van der Waals surface area (Å²) in [5, 5.41) is 11.0. The fourth-order valence-electron chi connectivity index (χ4n) is 1.08. The lowest BCUT2D eigenvalue weighted by atomic mass is 10.2. The quantitative estimate of drug-likeness (QED) is 0.758. The third-order valence-corrected chi connectivity index (χ3v) is 2.09. The predicted octanol–water partition coefficient (Wildman–Crippen LogP) is 1.51. The first-order valence-electron chi connectivity index (χ1n) is 3.90. The van der Waals surface area contributed by atoms with Crippen LogP contribution in [0.4, 0.5) is 4.39 Å². The van der Waals surface area contributed by atoms with Crippen molar-refractivity contribution in [1.29, 1.82) is 0 Å². The van der Waals surface area contributed by atoms with Gasteiger partial charge in [-0.2, -0.15) is 0 Å². The van der Waals surface area contributed by atoms with Crippen LogP contribution in [0.2, 0.25) is 5.02 Å². The van der Waals surface area contributed by atoms with Gasteiger partial charge >= 0.3 is 0 Å². The third-order valence-electron chi connectivity index (χ3n) is 1.74. The molecule has 72 valence electrons. The van der Waals surface area contributed by atoms with Crippen molar-refractivity contribution in [3.63, 3.8) is 0 Å². The van der Waals surface area contributed by atoms with Crippen LogP contribution in [0.1, 0.15) is 5.56 Å². The van der Waals surface area contributed by atoms with Gasteiger partial charge in [0.2, 0.25) is 0 Å². The molecule has 2 aromatic rings. The van der Waals surface area contributed by atoms with E-state index in [-0.39, 0.29) is 5.82 Å². The summed E-state index contributed by atoms with van der Waals surface area (Å²) in [6.07, 6.45) is 1.47. The van der Waals surface area contributed by atoms with Crippen molar-refractivity contribution in [2.75, 3.05) is 0 Å². The van der Waals surface area contributed by atoms with Gasteiger partial charge in [-0.05, 0) is 28.1 Å². The Balaban J connectivity index is 2.25. The summed E-state index contributed by atoms with van der Waals surface area (Å²) < 4.78 is 14.2. The number of nitrogens with zero attached hydrogens (tertiary/aromatic N) is 4. The Morgan fingerprint density at radius 2 is 2.29 bits per heavy atom. The first-order valence-corrected chi connectivity index (χ1v) is 4.28. The zero-order valence-electron chi connectivity index (χ0n) is 7.06. The van der Waals surface area contributed by atoms with Crippen LogP contribution in [0.25, 0.3) is 0 Å². The van der Waals surface area contributed by atoms with Crippen molar-refractivity contribution in [2.45, 2.75) is 6.54 Å². The van der Waals surface area contributed by atoms with E-state index < -0.39 is 0 Å². The van der Waals surface area contributed by atoms with E-state index in [1.165, 1.54) is 23.1 Å². The van der Waals surface area contributed by atoms with Crippen molar-refractivity contribution in [3.8, 4) is 0 Å². The Morgan fingerprint density at radius 1 is 1.43 bits per heavy atom. The molecule has 0 amide bonds. The number of rotatable bonds is 2. The van der Waals surface area contributed by atoms with Gasteiger partial charge in [0.25, 0.3) is 0 Å². The lowest BCUT2D eigenvalue weighted by molar-refractivity contribution is 0.621. The molecule has 0 N–H and O–H groups in total. The van der Waals surface area contributed by atoms with Crippen molar-refractivity contribution in [1.82, 2.24) is 20.2 Å². The zero-order valence-corrected chi connectivity index (χ0v) is 7.82. The first-order chi connectivity index (χ1) is 6.75. The molecule has 14 heavy (non-hydrogen) atoms. The Bertz CT molecular complexity index is 429. The van der Waals surface area contributed by atoms with Crippen molar-refractivity contribution in [2.24, 2.45) is 0 Å². The van der Waals surface area contributed by atoms with Gasteiger partial charge in [0.15, 0.2) is 0 Å². The predicted molar refractivity (Wildman–Crippen MR) is 48.3 cm³/mol. The molecule has 4 nitrogen and oxygen atoms in total. The Labute approximate surface area is 84.3 Å². The molecule has 0 fully saturated rings. The van der Waals surface area contributed by atoms with Gasteiger partial charge in [0, 0.05) is 5.02 Å². The molecular formula is C8H6ClFN4. The maximum Gasteiger partial charge on any atom is 0.138 e. The summed E-state index contributed by atoms with van der Waals surface area (Å²) >= 11 is 5.82. The molecule has 0 saturated heterocycles. The highest BCUT2D eigenvalue weighted by atomic mass is 35.5. The Morgan fingerprint density at radius 3 is 2.93 bits per heavy atom. The monoisotopic (exact) mass is 212 g/mol. The van der Waals surface area contributed by atoms with Crippen LogP contribution >= 0.6 is 11.6 Å². The second-order valence-corrected chi connectivity index (χ2v) is 3.15. The summed E-state index contributed by atoms with van der Waals surface area (Å²) in [6.45, 7) is 0.437. The molecule has 0 atom stereocenters. The number of hydrogen-bond donors (Lipinski definition) is 0. The Hall–Kier alpha value is -1.49. The number of tetrazole rings is 1. The van der Waals surface area contributed by atoms with Gasteiger partial charge in [-0.25, -0.2) is 9.07 Å². The van der Waals surface area contributed by atoms with E-state index in [4.69, 9.17) is 11.6 Å². The largest absolute Gasteiger partial charge is 0.228 e. The van der Waals surface area contributed by atoms with Gasteiger partial charge in [0.05, 0.1) is 6.54 Å². The fourth-order valence-corrected chi connectivity index (χ4v) is 1.30. The second-order valence-electron chi connectivity index (χ2n) is 2.74. The molecule has 0 aliphatic heterocycles. The topological polar surface area (TPSA) is 43.6 Å². The van der Waals surface area contributed by atoms with E-state index in [1.807, 2.05) is 0 Å². The first kappa shape index (κ1) is 9.08. The van der Waals surface area contributed by atoms with Gasteiger partial charge in [-0.3, -0.25) is 0 Å². The molecule has 1 aromatic carbocycles. The lowest BCUT2D eigenvalue weighted by Crippen LogP contribution is -2.01. The van der Waals surface area contributed by atoms with Crippen molar-refractivity contribution >= 4 is 11.6 Å². The minimum absolute atomic E-state index is 0.351. The molecular weight excluding hydrogens is 207 g/mol. The Kier molecular flexibility index (Phi) is 2.41. The normalized spacial score (nSPS) is 10.4. The molecule has 0 spiro atoms. The van der Waals surface area contributed by atoms with Gasteiger partial charge in [-0.15, -0.1) is 5.10 Å². The number of benzene rings is 1. The molecule has 0 unspecified atom stereocenters. The van der Waals surface area contributed by atoms with E-state index in [0.717, 1.165) is 5.56 Å². The number of hydrogen-bond acceptors (Lipinski definition) is 3. The third kappa shape index (κ3) is 1.88. The van der Waals surface area contributed by atoms with E-state index in [9.17, 15) is 4.39 Å². The fraction of sp³-hybridized carbons (Fsp3) is 0.125. The second kappa shape index (κ2) is 3.71.